The average molecular weight is 275 g/mol. The SMILES string of the molecule is CC1CCCC(C)N1C(=O)C(=O)NCc1ccncc1. The van der Waals surface area contributed by atoms with Gasteiger partial charge in [-0.05, 0) is 50.8 Å². The standard InChI is InChI=1S/C15H21N3O2/c1-11-4-3-5-12(2)18(11)15(20)14(19)17-10-13-6-8-16-9-7-13/h6-9,11-12H,3-5,10H2,1-2H3,(H,17,19). The van der Waals surface area contributed by atoms with E-state index >= 15 is 0 Å². The van der Waals surface area contributed by atoms with E-state index in [1.807, 2.05) is 26.0 Å². The third-order valence-electron chi connectivity index (χ3n) is 3.82. The Hall–Kier alpha value is -1.91. The number of aromatic nitrogens is 1. The number of nitrogens with one attached hydrogen (secondary N) is 1. The minimum Gasteiger partial charge on any atom is -0.344 e. The Kier molecular flexibility index (Phi) is 4.71. The molecule has 2 amide bonds. The van der Waals surface area contributed by atoms with Crippen LogP contribution in [0.5, 0.6) is 0 Å². The fraction of sp³-hybridized carbons (Fsp3) is 0.533. The fourth-order valence-electron chi connectivity index (χ4n) is 2.70. The van der Waals surface area contributed by atoms with Crippen molar-refractivity contribution in [2.24, 2.45) is 0 Å². The van der Waals surface area contributed by atoms with Crippen molar-refractivity contribution in [1.29, 1.82) is 0 Å². The van der Waals surface area contributed by atoms with Crippen LogP contribution in [0.1, 0.15) is 38.7 Å². The van der Waals surface area contributed by atoms with Gasteiger partial charge in [-0.1, -0.05) is 0 Å². The third kappa shape index (κ3) is 3.35. The quantitative estimate of drug-likeness (QED) is 0.832. The van der Waals surface area contributed by atoms with Gasteiger partial charge < -0.3 is 10.2 Å². The molecule has 2 rings (SSSR count). The maximum atomic E-state index is 12.2. The Labute approximate surface area is 119 Å². The number of rotatable bonds is 2. The Balaban J connectivity index is 1.93. The Morgan fingerprint density at radius 1 is 1.25 bits per heavy atom. The van der Waals surface area contributed by atoms with Crippen LogP contribution in [0, 0.1) is 0 Å². The van der Waals surface area contributed by atoms with Crippen molar-refractivity contribution in [1.82, 2.24) is 15.2 Å². The number of nitrogens with zero attached hydrogens (tertiary/aromatic N) is 2. The summed E-state index contributed by atoms with van der Waals surface area (Å²) < 4.78 is 0. The second kappa shape index (κ2) is 6.50. The molecule has 108 valence electrons. The van der Waals surface area contributed by atoms with Crippen LogP contribution in [-0.4, -0.2) is 33.8 Å². The molecule has 0 saturated carbocycles. The number of hydrogen-bond donors (Lipinski definition) is 1. The van der Waals surface area contributed by atoms with Gasteiger partial charge in [0, 0.05) is 31.0 Å². The van der Waals surface area contributed by atoms with Gasteiger partial charge in [-0.2, -0.15) is 0 Å². The van der Waals surface area contributed by atoms with Crippen LogP contribution in [0.3, 0.4) is 0 Å². The van der Waals surface area contributed by atoms with Crippen molar-refractivity contribution in [3.05, 3.63) is 30.1 Å². The lowest BCUT2D eigenvalue weighted by molar-refractivity contribution is -0.150. The molecule has 0 aromatic carbocycles. The minimum atomic E-state index is -0.526. The molecule has 1 aromatic rings. The van der Waals surface area contributed by atoms with E-state index in [-0.39, 0.29) is 12.1 Å². The molecule has 0 aliphatic carbocycles. The molecule has 0 radical (unpaired) electrons. The summed E-state index contributed by atoms with van der Waals surface area (Å²) in [4.78, 5) is 29.9. The molecule has 5 nitrogen and oxygen atoms in total. The largest absolute Gasteiger partial charge is 0.344 e. The van der Waals surface area contributed by atoms with E-state index in [4.69, 9.17) is 0 Å². The summed E-state index contributed by atoms with van der Waals surface area (Å²) in [6, 6.07) is 3.91. The van der Waals surface area contributed by atoms with Crippen LogP contribution in [0.2, 0.25) is 0 Å². The number of amides is 2. The lowest BCUT2D eigenvalue weighted by Crippen LogP contribution is -2.52. The van der Waals surface area contributed by atoms with Gasteiger partial charge in [-0.25, -0.2) is 0 Å². The van der Waals surface area contributed by atoms with E-state index in [2.05, 4.69) is 10.3 Å². The second-order valence-corrected chi connectivity index (χ2v) is 5.38. The predicted octanol–water partition coefficient (Wildman–Crippen LogP) is 1.49. The molecular weight excluding hydrogens is 254 g/mol. The van der Waals surface area contributed by atoms with Crippen molar-refractivity contribution in [3.8, 4) is 0 Å². The molecule has 5 heteroatoms. The van der Waals surface area contributed by atoms with E-state index in [0.29, 0.717) is 6.54 Å². The van der Waals surface area contributed by atoms with Crippen LogP contribution in [-0.2, 0) is 16.1 Å². The summed E-state index contributed by atoms with van der Waals surface area (Å²) in [6.07, 6.45) is 6.38. The Morgan fingerprint density at radius 3 is 2.45 bits per heavy atom. The highest BCUT2D eigenvalue weighted by molar-refractivity contribution is 6.35. The van der Waals surface area contributed by atoms with Crippen LogP contribution < -0.4 is 5.32 Å². The molecule has 1 aromatic heterocycles. The van der Waals surface area contributed by atoms with Crippen molar-refractivity contribution in [3.63, 3.8) is 0 Å². The number of hydrogen-bond acceptors (Lipinski definition) is 3. The van der Waals surface area contributed by atoms with Gasteiger partial charge in [-0.3, -0.25) is 14.6 Å². The summed E-state index contributed by atoms with van der Waals surface area (Å²) in [5, 5.41) is 2.68. The Morgan fingerprint density at radius 2 is 1.85 bits per heavy atom. The topological polar surface area (TPSA) is 62.3 Å². The van der Waals surface area contributed by atoms with Gasteiger partial charge in [0.05, 0.1) is 0 Å². The first kappa shape index (κ1) is 14.5. The molecule has 2 unspecified atom stereocenters. The maximum absolute atomic E-state index is 12.2. The number of carbonyl (C=O) groups excluding carboxylic acids is 2. The average Bonchev–Trinajstić information content (AvgIpc) is 2.45. The number of piperidine rings is 1. The smallest absolute Gasteiger partial charge is 0.312 e. The van der Waals surface area contributed by atoms with Crippen LogP contribution >= 0.6 is 0 Å². The van der Waals surface area contributed by atoms with E-state index in [1.54, 1.807) is 17.3 Å². The molecule has 1 aliphatic rings. The van der Waals surface area contributed by atoms with Crippen molar-refractivity contribution >= 4 is 11.8 Å². The molecule has 2 atom stereocenters. The molecule has 2 heterocycles. The first-order chi connectivity index (χ1) is 9.59. The highest BCUT2D eigenvalue weighted by Crippen LogP contribution is 2.22. The van der Waals surface area contributed by atoms with Gasteiger partial charge in [-0.15, -0.1) is 0 Å². The third-order valence-corrected chi connectivity index (χ3v) is 3.82. The molecule has 0 spiro atoms. The summed E-state index contributed by atoms with van der Waals surface area (Å²) in [5.74, 6) is -0.943. The van der Waals surface area contributed by atoms with Crippen LogP contribution in [0.25, 0.3) is 0 Å². The zero-order chi connectivity index (χ0) is 14.5. The highest BCUT2D eigenvalue weighted by Gasteiger charge is 2.32. The molecule has 20 heavy (non-hydrogen) atoms. The van der Waals surface area contributed by atoms with Crippen molar-refractivity contribution in [2.75, 3.05) is 0 Å². The maximum Gasteiger partial charge on any atom is 0.312 e. The van der Waals surface area contributed by atoms with Crippen LogP contribution in [0.15, 0.2) is 24.5 Å². The first-order valence-electron chi connectivity index (χ1n) is 7.09. The van der Waals surface area contributed by atoms with Crippen molar-refractivity contribution < 1.29 is 9.59 Å². The van der Waals surface area contributed by atoms with Gasteiger partial charge in [0.15, 0.2) is 0 Å². The number of pyridine rings is 1. The molecule has 1 N–H and O–H groups in total. The predicted molar refractivity (Wildman–Crippen MR) is 75.7 cm³/mol. The first-order valence-corrected chi connectivity index (χ1v) is 7.09. The molecule has 0 bridgehead atoms. The normalized spacial score (nSPS) is 22.4. The fourth-order valence-corrected chi connectivity index (χ4v) is 2.70. The van der Waals surface area contributed by atoms with E-state index in [0.717, 1.165) is 24.8 Å². The monoisotopic (exact) mass is 275 g/mol. The molecule has 1 saturated heterocycles. The van der Waals surface area contributed by atoms with Gasteiger partial charge >= 0.3 is 11.8 Å². The van der Waals surface area contributed by atoms with Crippen molar-refractivity contribution in [2.45, 2.75) is 51.7 Å². The summed E-state index contributed by atoms with van der Waals surface area (Å²) in [5.41, 5.74) is 0.931. The number of likely N-dealkylation sites (tertiary alicyclic amines) is 1. The molecular formula is C15H21N3O2. The van der Waals surface area contributed by atoms with Gasteiger partial charge in [0.25, 0.3) is 0 Å². The lowest BCUT2D eigenvalue weighted by atomic mass is 9.97. The number of carbonyl (C=O) groups is 2. The van der Waals surface area contributed by atoms with E-state index in [1.165, 1.54) is 0 Å². The van der Waals surface area contributed by atoms with E-state index < -0.39 is 11.8 Å². The van der Waals surface area contributed by atoms with E-state index in [9.17, 15) is 9.59 Å². The highest BCUT2D eigenvalue weighted by atomic mass is 16.2. The summed E-state index contributed by atoms with van der Waals surface area (Å²) >= 11 is 0. The minimum absolute atomic E-state index is 0.137. The zero-order valence-electron chi connectivity index (χ0n) is 12.0. The molecule has 1 fully saturated rings. The lowest BCUT2D eigenvalue weighted by Gasteiger charge is -2.38. The van der Waals surface area contributed by atoms with Gasteiger partial charge in [0.1, 0.15) is 0 Å². The second-order valence-electron chi connectivity index (χ2n) is 5.38. The van der Waals surface area contributed by atoms with Gasteiger partial charge in [0.2, 0.25) is 0 Å². The Bertz CT molecular complexity index is 465. The molecule has 1 aliphatic heterocycles. The van der Waals surface area contributed by atoms with Crippen LogP contribution in [0.4, 0.5) is 0 Å². The summed E-state index contributed by atoms with van der Waals surface area (Å²) in [6.45, 7) is 4.36. The summed E-state index contributed by atoms with van der Waals surface area (Å²) in [7, 11) is 0. The zero-order valence-corrected chi connectivity index (χ0v) is 12.0.